The average Bonchev–Trinajstić information content (AvgIpc) is 2.54. The van der Waals surface area contributed by atoms with Crippen LogP contribution in [0.1, 0.15) is 34.3 Å². The molecule has 0 radical (unpaired) electrons. The summed E-state index contributed by atoms with van der Waals surface area (Å²) in [5.41, 5.74) is 2.86. The van der Waals surface area contributed by atoms with Crippen LogP contribution in [0.25, 0.3) is 0 Å². The number of Topliss-reactive ketones (excluding diaryl/α,β-unsaturated/α-hetero) is 1. The molecular formula is C19H21NO2. The lowest BCUT2D eigenvalue weighted by molar-refractivity contribution is -0.121. The van der Waals surface area contributed by atoms with Gasteiger partial charge in [-0.25, -0.2) is 0 Å². The molecule has 1 amide bonds. The second-order valence-corrected chi connectivity index (χ2v) is 5.32. The van der Waals surface area contributed by atoms with E-state index in [1.807, 2.05) is 61.5 Å². The van der Waals surface area contributed by atoms with Gasteiger partial charge in [-0.05, 0) is 24.5 Å². The smallest absolute Gasteiger partial charge is 0.220 e. The quantitative estimate of drug-likeness (QED) is 0.797. The molecule has 3 heteroatoms. The standard InChI is InChI=1S/C19H21NO2/c1-15-7-5-6-10-17(15)18(21)11-12-19(22)20-14-13-16-8-3-2-4-9-16/h2-10H,11-14H2,1H3,(H,20,22). The zero-order chi connectivity index (χ0) is 15.8. The van der Waals surface area contributed by atoms with E-state index in [2.05, 4.69) is 5.32 Å². The second-order valence-electron chi connectivity index (χ2n) is 5.32. The lowest BCUT2D eigenvalue weighted by atomic mass is 10.0. The Bertz CT molecular complexity index is 635. The summed E-state index contributed by atoms with van der Waals surface area (Å²) in [4.78, 5) is 23.9. The number of carbonyl (C=O) groups excluding carboxylic acids is 2. The van der Waals surface area contributed by atoms with Crippen molar-refractivity contribution in [2.24, 2.45) is 0 Å². The molecule has 0 fully saturated rings. The highest BCUT2D eigenvalue weighted by atomic mass is 16.2. The number of benzene rings is 2. The van der Waals surface area contributed by atoms with E-state index in [1.54, 1.807) is 0 Å². The van der Waals surface area contributed by atoms with E-state index < -0.39 is 0 Å². The third-order valence-electron chi connectivity index (χ3n) is 3.60. The van der Waals surface area contributed by atoms with Gasteiger partial charge in [-0.3, -0.25) is 9.59 Å². The van der Waals surface area contributed by atoms with Crippen LogP contribution in [0, 0.1) is 6.92 Å². The van der Waals surface area contributed by atoms with Crippen LogP contribution in [0.5, 0.6) is 0 Å². The highest BCUT2D eigenvalue weighted by molar-refractivity contribution is 5.99. The van der Waals surface area contributed by atoms with Crippen molar-refractivity contribution in [2.45, 2.75) is 26.2 Å². The van der Waals surface area contributed by atoms with Gasteiger partial charge in [0, 0.05) is 24.9 Å². The first-order chi connectivity index (χ1) is 10.7. The molecule has 2 aromatic rings. The van der Waals surface area contributed by atoms with Crippen LogP contribution in [0.15, 0.2) is 54.6 Å². The van der Waals surface area contributed by atoms with Crippen molar-refractivity contribution in [3.05, 3.63) is 71.3 Å². The van der Waals surface area contributed by atoms with Crippen molar-refractivity contribution in [1.82, 2.24) is 5.32 Å². The molecule has 3 nitrogen and oxygen atoms in total. The van der Waals surface area contributed by atoms with Crippen molar-refractivity contribution in [3.63, 3.8) is 0 Å². The number of rotatable bonds is 7. The van der Waals surface area contributed by atoms with Crippen LogP contribution in [0.3, 0.4) is 0 Å². The number of ketones is 1. The SMILES string of the molecule is Cc1ccccc1C(=O)CCC(=O)NCCc1ccccc1. The number of aryl methyl sites for hydroxylation is 1. The normalized spacial score (nSPS) is 10.2. The zero-order valence-corrected chi connectivity index (χ0v) is 12.8. The summed E-state index contributed by atoms with van der Waals surface area (Å²) in [5.74, 6) is -0.0471. The summed E-state index contributed by atoms with van der Waals surface area (Å²) >= 11 is 0. The van der Waals surface area contributed by atoms with E-state index in [4.69, 9.17) is 0 Å². The molecule has 0 aromatic heterocycles. The molecule has 0 bridgehead atoms. The zero-order valence-electron chi connectivity index (χ0n) is 12.8. The largest absolute Gasteiger partial charge is 0.356 e. The molecule has 0 atom stereocenters. The van der Waals surface area contributed by atoms with Crippen molar-refractivity contribution >= 4 is 11.7 Å². The number of amides is 1. The lowest BCUT2D eigenvalue weighted by Crippen LogP contribution is -2.26. The Hall–Kier alpha value is -2.42. The summed E-state index contributed by atoms with van der Waals surface area (Å²) in [6.07, 6.45) is 1.29. The first-order valence-electron chi connectivity index (χ1n) is 7.56. The van der Waals surface area contributed by atoms with Crippen molar-refractivity contribution < 1.29 is 9.59 Å². The molecular weight excluding hydrogens is 274 g/mol. The number of hydrogen-bond acceptors (Lipinski definition) is 2. The lowest BCUT2D eigenvalue weighted by Gasteiger charge is -2.06. The number of carbonyl (C=O) groups is 2. The Morgan fingerprint density at radius 2 is 1.59 bits per heavy atom. The molecule has 0 heterocycles. The highest BCUT2D eigenvalue weighted by Crippen LogP contribution is 2.10. The maximum Gasteiger partial charge on any atom is 0.220 e. The van der Waals surface area contributed by atoms with E-state index in [0.717, 1.165) is 12.0 Å². The van der Waals surface area contributed by atoms with E-state index in [9.17, 15) is 9.59 Å². The van der Waals surface area contributed by atoms with Crippen LogP contribution in [0.2, 0.25) is 0 Å². The molecule has 0 aliphatic rings. The van der Waals surface area contributed by atoms with E-state index in [1.165, 1.54) is 5.56 Å². The van der Waals surface area contributed by atoms with E-state index >= 15 is 0 Å². The number of nitrogens with one attached hydrogen (secondary N) is 1. The minimum Gasteiger partial charge on any atom is -0.356 e. The molecule has 0 aliphatic heterocycles. The van der Waals surface area contributed by atoms with Gasteiger partial charge in [0.15, 0.2) is 5.78 Å². The van der Waals surface area contributed by atoms with E-state index in [-0.39, 0.29) is 24.5 Å². The Labute approximate surface area is 131 Å². The molecule has 0 aliphatic carbocycles. The predicted molar refractivity (Wildman–Crippen MR) is 87.9 cm³/mol. The molecule has 0 saturated heterocycles. The maximum atomic E-state index is 12.1. The van der Waals surface area contributed by atoms with Gasteiger partial charge in [-0.1, -0.05) is 54.6 Å². The average molecular weight is 295 g/mol. The van der Waals surface area contributed by atoms with Gasteiger partial charge >= 0.3 is 0 Å². The molecule has 114 valence electrons. The van der Waals surface area contributed by atoms with Gasteiger partial charge in [-0.2, -0.15) is 0 Å². The minimum atomic E-state index is -0.0714. The molecule has 0 unspecified atom stereocenters. The Morgan fingerprint density at radius 1 is 0.909 bits per heavy atom. The number of hydrogen-bond donors (Lipinski definition) is 1. The van der Waals surface area contributed by atoms with Crippen molar-refractivity contribution in [2.75, 3.05) is 6.54 Å². The second kappa shape index (κ2) is 8.13. The van der Waals surface area contributed by atoms with Gasteiger partial charge in [0.1, 0.15) is 0 Å². The molecule has 0 saturated carbocycles. The monoisotopic (exact) mass is 295 g/mol. The summed E-state index contributed by atoms with van der Waals surface area (Å²) in [5, 5.41) is 2.86. The fourth-order valence-corrected chi connectivity index (χ4v) is 2.33. The third-order valence-corrected chi connectivity index (χ3v) is 3.60. The van der Waals surface area contributed by atoms with Crippen LogP contribution < -0.4 is 5.32 Å². The van der Waals surface area contributed by atoms with Gasteiger partial charge in [-0.15, -0.1) is 0 Å². The van der Waals surface area contributed by atoms with Gasteiger partial charge < -0.3 is 5.32 Å². The van der Waals surface area contributed by atoms with Crippen molar-refractivity contribution in [3.8, 4) is 0 Å². The molecule has 2 rings (SSSR count). The van der Waals surface area contributed by atoms with E-state index in [0.29, 0.717) is 12.1 Å². The van der Waals surface area contributed by atoms with Crippen molar-refractivity contribution in [1.29, 1.82) is 0 Å². The van der Waals surface area contributed by atoms with Gasteiger partial charge in [0.25, 0.3) is 0 Å². The first kappa shape index (κ1) is 16.0. The summed E-state index contributed by atoms with van der Waals surface area (Å²) in [6.45, 7) is 2.51. The maximum absolute atomic E-state index is 12.1. The predicted octanol–water partition coefficient (Wildman–Crippen LogP) is 3.32. The van der Waals surface area contributed by atoms with Crippen LogP contribution in [-0.2, 0) is 11.2 Å². The fraction of sp³-hybridized carbons (Fsp3) is 0.263. The van der Waals surface area contributed by atoms with Crippen LogP contribution >= 0.6 is 0 Å². The van der Waals surface area contributed by atoms with Crippen LogP contribution in [0.4, 0.5) is 0 Å². The van der Waals surface area contributed by atoms with Crippen LogP contribution in [-0.4, -0.2) is 18.2 Å². The Morgan fingerprint density at radius 3 is 2.32 bits per heavy atom. The Kier molecular flexibility index (Phi) is 5.90. The first-order valence-corrected chi connectivity index (χ1v) is 7.56. The summed E-state index contributed by atoms with van der Waals surface area (Å²) < 4.78 is 0. The Balaban J connectivity index is 1.72. The fourth-order valence-electron chi connectivity index (χ4n) is 2.33. The van der Waals surface area contributed by atoms with Gasteiger partial charge in [0.05, 0.1) is 0 Å². The molecule has 0 spiro atoms. The molecule has 1 N–H and O–H groups in total. The minimum absolute atomic E-state index is 0.0244. The molecule has 2 aromatic carbocycles. The van der Waals surface area contributed by atoms with Gasteiger partial charge in [0.2, 0.25) is 5.91 Å². The molecule has 22 heavy (non-hydrogen) atoms. The highest BCUT2D eigenvalue weighted by Gasteiger charge is 2.10. The topological polar surface area (TPSA) is 46.2 Å². The summed E-state index contributed by atoms with van der Waals surface area (Å²) in [6, 6.07) is 17.5. The summed E-state index contributed by atoms with van der Waals surface area (Å²) in [7, 11) is 0. The third kappa shape index (κ3) is 4.85.